The van der Waals surface area contributed by atoms with Crippen molar-refractivity contribution in [2.45, 2.75) is 6.92 Å². The number of rotatable bonds is 4. The third kappa shape index (κ3) is 3.79. The van der Waals surface area contributed by atoms with E-state index in [1.54, 1.807) is 0 Å². The number of hydrogen-bond donors (Lipinski definition) is 0. The lowest BCUT2D eigenvalue weighted by molar-refractivity contribution is -0.131. The molecule has 0 unspecified atom stereocenters. The van der Waals surface area contributed by atoms with Gasteiger partial charge in [0.2, 0.25) is 0 Å². The second-order valence-corrected chi connectivity index (χ2v) is 9.27. The second-order valence-electron chi connectivity index (χ2n) is 5.74. The highest BCUT2D eigenvalue weighted by Crippen LogP contribution is 2.53. The number of hydrogen-bond acceptors (Lipinski definition) is 3. The maximum absolute atomic E-state index is 11.6. The highest BCUT2D eigenvalue weighted by Gasteiger charge is 2.42. The molecule has 0 aliphatic rings. The Bertz CT molecular complexity index is 793. The summed E-state index contributed by atoms with van der Waals surface area (Å²) in [5, 5.41) is 3.60. The zero-order valence-electron chi connectivity index (χ0n) is 14.3. The Morgan fingerprint density at radius 2 is 1.20 bits per heavy atom. The Hall–Kier alpha value is -2.48. The SMILES string of the molecule is CC(=O)Oc1ccccc1[P+](C)(c1ccccc1)c1ccccc1.[OH-]. The first-order chi connectivity index (χ1) is 11.6. The molecule has 0 saturated carbocycles. The summed E-state index contributed by atoms with van der Waals surface area (Å²) in [6, 6.07) is 28.8. The fourth-order valence-corrected chi connectivity index (χ4v) is 6.28. The van der Waals surface area contributed by atoms with Crippen LogP contribution < -0.4 is 20.7 Å². The van der Waals surface area contributed by atoms with E-state index >= 15 is 0 Å². The number of ether oxygens (including phenoxy) is 1. The van der Waals surface area contributed by atoms with E-state index in [0.717, 1.165) is 5.30 Å². The average molecular weight is 352 g/mol. The summed E-state index contributed by atoms with van der Waals surface area (Å²) in [4.78, 5) is 11.6. The van der Waals surface area contributed by atoms with Crippen LogP contribution in [0.1, 0.15) is 6.92 Å². The molecule has 1 N–H and O–H groups in total. The molecule has 0 amide bonds. The quantitative estimate of drug-likeness (QED) is 0.411. The van der Waals surface area contributed by atoms with Gasteiger partial charge in [-0.2, -0.15) is 0 Å². The van der Waals surface area contributed by atoms with Crippen LogP contribution in [0, 0.1) is 0 Å². The third-order valence-electron chi connectivity index (χ3n) is 4.15. The molecule has 3 nitrogen and oxygen atoms in total. The van der Waals surface area contributed by atoms with Crippen LogP contribution in [0.4, 0.5) is 0 Å². The van der Waals surface area contributed by atoms with Gasteiger partial charge in [0.15, 0.2) is 5.75 Å². The van der Waals surface area contributed by atoms with Crippen LogP contribution in [0.2, 0.25) is 0 Å². The Balaban J connectivity index is 0.00000225. The molecular weight excluding hydrogens is 331 g/mol. The molecule has 0 radical (unpaired) electrons. The van der Waals surface area contributed by atoms with E-state index in [-0.39, 0.29) is 11.4 Å². The molecule has 0 fully saturated rings. The number of carbonyl (C=O) groups is 1. The molecule has 4 heteroatoms. The summed E-state index contributed by atoms with van der Waals surface area (Å²) in [5.74, 6) is 0.351. The summed E-state index contributed by atoms with van der Waals surface area (Å²) >= 11 is 0. The molecule has 3 aromatic rings. The first-order valence-electron chi connectivity index (χ1n) is 7.88. The van der Waals surface area contributed by atoms with Gasteiger partial charge in [0, 0.05) is 6.92 Å². The summed E-state index contributed by atoms with van der Waals surface area (Å²) in [6.07, 6.45) is 0. The standard InChI is InChI=1S/C21H20O2P.H2O/c1-17(22)23-20-15-9-10-16-21(20)24(2,18-11-5-3-6-12-18)19-13-7-4-8-14-19;/h3-16H,1-2H3;1H2/q+1;/p-1. The fraction of sp³-hybridized carbons (Fsp3) is 0.0952. The number of benzene rings is 3. The van der Waals surface area contributed by atoms with Gasteiger partial charge in [-0.25, -0.2) is 0 Å². The predicted molar refractivity (Wildman–Crippen MR) is 104 cm³/mol. The molecule has 3 aromatic carbocycles. The minimum atomic E-state index is -1.90. The molecule has 3 rings (SSSR count). The summed E-state index contributed by atoms with van der Waals surface area (Å²) in [5.41, 5.74) is 0. The van der Waals surface area contributed by atoms with E-state index in [0.29, 0.717) is 5.75 Å². The van der Waals surface area contributed by atoms with Crippen molar-refractivity contribution in [3.05, 3.63) is 84.9 Å². The molecule has 25 heavy (non-hydrogen) atoms. The summed E-state index contributed by atoms with van der Waals surface area (Å²) in [6.45, 7) is 3.72. The lowest BCUT2D eigenvalue weighted by Crippen LogP contribution is -2.31. The topological polar surface area (TPSA) is 56.3 Å². The lowest BCUT2D eigenvalue weighted by Gasteiger charge is -2.24. The van der Waals surface area contributed by atoms with Gasteiger partial charge in [0.25, 0.3) is 0 Å². The van der Waals surface area contributed by atoms with Crippen LogP contribution in [0.25, 0.3) is 0 Å². The highest BCUT2D eigenvalue weighted by molar-refractivity contribution is 7.95. The van der Waals surface area contributed by atoms with E-state index in [2.05, 4.69) is 61.3 Å². The lowest BCUT2D eigenvalue weighted by atomic mass is 10.3. The molecule has 128 valence electrons. The Morgan fingerprint density at radius 1 is 0.760 bits per heavy atom. The number of carbonyl (C=O) groups excluding carboxylic acids is 1. The zero-order chi connectivity index (χ0) is 17.0. The van der Waals surface area contributed by atoms with Crippen molar-refractivity contribution in [1.82, 2.24) is 0 Å². The predicted octanol–water partition coefficient (Wildman–Crippen LogP) is 3.36. The van der Waals surface area contributed by atoms with Gasteiger partial charge in [-0.1, -0.05) is 48.5 Å². The van der Waals surface area contributed by atoms with E-state index in [1.165, 1.54) is 17.5 Å². The van der Waals surface area contributed by atoms with E-state index in [9.17, 15) is 4.79 Å². The fourth-order valence-electron chi connectivity index (χ4n) is 2.95. The van der Waals surface area contributed by atoms with Gasteiger partial charge < -0.3 is 10.2 Å². The van der Waals surface area contributed by atoms with Gasteiger partial charge in [0.05, 0.1) is 6.66 Å². The van der Waals surface area contributed by atoms with Gasteiger partial charge >= 0.3 is 5.97 Å². The van der Waals surface area contributed by atoms with E-state index in [1.807, 2.05) is 30.3 Å². The Labute approximate surface area is 148 Å². The van der Waals surface area contributed by atoms with Crippen LogP contribution in [-0.4, -0.2) is 18.1 Å². The summed E-state index contributed by atoms with van der Waals surface area (Å²) in [7, 11) is -1.90. The van der Waals surface area contributed by atoms with Crippen LogP contribution in [-0.2, 0) is 4.79 Å². The minimum Gasteiger partial charge on any atom is -0.870 e. The highest BCUT2D eigenvalue weighted by atomic mass is 31.2. The van der Waals surface area contributed by atoms with Crippen LogP contribution in [0.15, 0.2) is 84.9 Å². The minimum absolute atomic E-state index is 0. The van der Waals surface area contributed by atoms with Crippen molar-refractivity contribution in [2.24, 2.45) is 0 Å². The monoisotopic (exact) mass is 352 g/mol. The maximum Gasteiger partial charge on any atom is 0.308 e. The van der Waals surface area contributed by atoms with Crippen molar-refractivity contribution >= 4 is 29.1 Å². The molecule has 0 aromatic heterocycles. The van der Waals surface area contributed by atoms with Crippen molar-refractivity contribution in [3.63, 3.8) is 0 Å². The summed E-state index contributed by atoms with van der Waals surface area (Å²) < 4.78 is 5.52. The molecule has 0 aliphatic carbocycles. The van der Waals surface area contributed by atoms with Crippen molar-refractivity contribution < 1.29 is 15.0 Å². The van der Waals surface area contributed by atoms with E-state index in [4.69, 9.17) is 4.74 Å². The first kappa shape index (κ1) is 18.9. The van der Waals surface area contributed by atoms with Gasteiger partial charge in [-0.05, 0) is 36.4 Å². The van der Waals surface area contributed by atoms with Gasteiger partial charge in [-0.15, -0.1) is 0 Å². The molecule has 0 bridgehead atoms. The molecule has 0 spiro atoms. The third-order valence-corrected chi connectivity index (χ3v) is 8.14. The zero-order valence-corrected chi connectivity index (χ0v) is 15.2. The van der Waals surface area contributed by atoms with Crippen LogP contribution in [0.3, 0.4) is 0 Å². The Morgan fingerprint density at radius 3 is 1.68 bits per heavy atom. The van der Waals surface area contributed by atoms with Crippen LogP contribution >= 0.6 is 7.26 Å². The second kappa shape index (κ2) is 8.06. The Kier molecular flexibility index (Phi) is 6.08. The average Bonchev–Trinajstić information content (AvgIpc) is 2.62. The smallest absolute Gasteiger partial charge is 0.308 e. The molecular formula is C21H21O3P. The van der Waals surface area contributed by atoms with Crippen LogP contribution in [0.5, 0.6) is 5.75 Å². The van der Waals surface area contributed by atoms with Gasteiger partial charge in [-0.3, -0.25) is 4.79 Å². The van der Waals surface area contributed by atoms with Gasteiger partial charge in [0.1, 0.15) is 23.2 Å². The maximum atomic E-state index is 11.6. The van der Waals surface area contributed by atoms with Crippen molar-refractivity contribution in [1.29, 1.82) is 0 Å². The molecule has 0 saturated heterocycles. The van der Waals surface area contributed by atoms with Crippen molar-refractivity contribution in [3.8, 4) is 5.75 Å². The first-order valence-corrected chi connectivity index (χ1v) is 10.1. The number of para-hydroxylation sites is 1. The molecule has 0 heterocycles. The normalized spacial score (nSPS) is 10.6. The molecule has 0 atom stereocenters. The van der Waals surface area contributed by atoms with E-state index < -0.39 is 7.26 Å². The van der Waals surface area contributed by atoms with Crippen molar-refractivity contribution in [2.75, 3.05) is 6.66 Å². The number of esters is 1. The largest absolute Gasteiger partial charge is 0.870 e. The molecule has 0 aliphatic heterocycles.